The summed E-state index contributed by atoms with van der Waals surface area (Å²) in [7, 11) is 1.60. The fraction of sp³-hybridized carbons (Fsp3) is 0.364. The summed E-state index contributed by atoms with van der Waals surface area (Å²) in [5.41, 5.74) is 1.41. The van der Waals surface area contributed by atoms with E-state index in [1.807, 2.05) is 12.1 Å². The van der Waals surface area contributed by atoms with E-state index in [1.165, 1.54) is 0 Å². The van der Waals surface area contributed by atoms with Crippen LogP contribution >= 0.6 is 0 Å². The molecule has 0 aliphatic carbocycles. The number of anilines is 1. The molecule has 0 atom stereocenters. The summed E-state index contributed by atoms with van der Waals surface area (Å²) < 4.78 is 5.17. The van der Waals surface area contributed by atoms with Gasteiger partial charge in [0.2, 0.25) is 0 Å². The minimum absolute atomic E-state index is 0.623. The van der Waals surface area contributed by atoms with Crippen molar-refractivity contribution in [1.29, 1.82) is 5.26 Å². The highest BCUT2D eigenvalue weighted by molar-refractivity contribution is 5.66. The highest BCUT2D eigenvalue weighted by atomic mass is 16.5. The quantitative estimate of drug-likeness (QED) is 0.792. The largest absolute Gasteiger partial charge is 0.495 e. The summed E-state index contributed by atoms with van der Waals surface area (Å²) in [5.74, 6) is 0.720. The van der Waals surface area contributed by atoms with Crippen molar-refractivity contribution < 1.29 is 4.74 Å². The van der Waals surface area contributed by atoms with Crippen LogP contribution < -0.4 is 10.1 Å². The van der Waals surface area contributed by atoms with E-state index in [-0.39, 0.29) is 0 Å². The van der Waals surface area contributed by atoms with Crippen LogP contribution in [0.4, 0.5) is 5.69 Å². The lowest BCUT2D eigenvalue weighted by atomic mass is 10.1. The van der Waals surface area contributed by atoms with Crippen molar-refractivity contribution in [2.24, 2.45) is 0 Å². The topological polar surface area (TPSA) is 45.0 Å². The summed E-state index contributed by atoms with van der Waals surface area (Å²) in [5, 5.41) is 12.1. The van der Waals surface area contributed by atoms with Gasteiger partial charge in [0.25, 0.3) is 0 Å². The maximum absolute atomic E-state index is 8.89. The Morgan fingerprint density at radius 1 is 1.50 bits per heavy atom. The molecule has 74 valence electrons. The van der Waals surface area contributed by atoms with Gasteiger partial charge in [0.1, 0.15) is 11.8 Å². The summed E-state index contributed by atoms with van der Waals surface area (Å²) in [6.45, 7) is 2.92. The van der Waals surface area contributed by atoms with E-state index < -0.39 is 0 Å². The number of hydrogen-bond acceptors (Lipinski definition) is 3. The number of benzene rings is 1. The minimum Gasteiger partial charge on any atom is -0.495 e. The molecule has 1 rings (SSSR count). The maximum Gasteiger partial charge on any atom is 0.143 e. The van der Waals surface area contributed by atoms with E-state index in [4.69, 9.17) is 10.00 Å². The molecule has 3 nitrogen and oxygen atoms in total. The standard InChI is InChI=1S/C11H14N2O/c1-3-7-13-11-9(8-12)5-4-6-10(11)14-2/h4-6,13H,3,7H2,1-2H3. The maximum atomic E-state index is 8.89. The minimum atomic E-state index is 0.623. The van der Waals surface area contributed by atoms with Gasteiger partial charge in [0, 0.05) is 6.54 Å². The number of nitrogens with one attached hydrogen (secondary N) is 1. The Morgan fingerprint density at radius 3 is 2.86 bits per heavy atom. The van der Waals surface area contributed by atoms with Crippen LogP contribution in [-0.2, 0) is 0 Å². The molecule has 0 aliphatic heterocycles. The second-order valence-electron chi connectivity index (χ2n) is 2.92. The van der Waals surface area contributed by atoms with Crippen LogP contribution in [0, 0.1) is 11.3 Å². The molecule has 0 aliphatic rings. The van der Waals surface area contributed by atoms with Crippen molar-refractivity contribution in [2.75, 3.05) is 19.0 Å². The van der Waals surface area contributed by atoms with E-state index in [0.29, 0.717) is 5.56 Å². The highest BCUT2D eigenvalue weighted by Crippen LogP contribution is 2.27. The molecule has 0 aromatic heterocycles. The smallest absolute Gasteiger partial charge is 0.143 e. The van der Waals surface area contributed by atoms with Gasteiger partial charge in [-0.25, -0.2) is 0 Å². The SMILES string of the molecule is CCCNc1c(C#N)cccc1OC. The zero-order valence-corrected chi connectivity index (χ0v) is 8.50. The van der Waals surface area contributed by atoms with Crippen molar-refractivity contribution in [2.45, 2.75) is 13.3 Å². The van der Waals surface area contributed by atoms with Crippen molar-refractivity contribution in [3.05, 3.63) is 23.8 Å². The summed E-state index contributed by atoms with van der Waals surface area (Å²) >= 11 is 0. The number of ether oxygens (including phenoxy) is 1. The molecule has 3 heteroatoms. The Morgan fingerprint density at radius 2 is 2.29 bits per heavy atom. The molecule has 0 saturated heterocycles. The number of nitriles is 1. The lowest BCUT2D eigenvalue weighted by molar-refractivity contribution is 0.416. The van der Waals surface area contributed by atoms with E-state index in [1.54, 1.807) is 13.2 Å². The first kappa shape index (κ1) is 10.4. The molecular formula is C11H14N2O. The molecule has 0 fully saturated rings. The van der Waals surface area contributed by atoms with E-state index in [2.05, 4.69) is 18.3 Å². The number of rotatable bonds is 4. The second-order valence-corrected chi connectivity index (χ2v) is 2.92. The molecule has 1 aromatic rings. The molecule has 14 heavy (non-hydrogen) atoms. The zero-order valence-electron chi connectivity index (χ0n) is 8.50. The van der Waals surface area contributed by atoms with Crippen LogP contribution in [0.1, 0.15) is 18.9 Å². The van der Waals surface area contributed by atoms with Crippen LogP contribution in [0.2, 0.25) is 0 Å². The first-order valence-electron chi connectivity index (χ1n) is 4.64. The molecule has 0 heterocycles. The molecule has 1 N–H and O–H groups in total. The van der Waals surface area contributed by atoms with E-state index in [0.717, 1.165) is 24.4 Å². The van der Waals surface area contributed by atoms with Gasteiger partial charge >= 0.3 is 0 Å². The fourth-order valence-electron chi connectivity index (χ4n) is 1.23. The number of methoxy groups -OCH3 is 1. The van der Waals surface area contributed by atoms with Crippen LogP contribution in [0.3, 0.4) is 0 Å². The average Bonchev–Trinajstić information content (AvgIpc) is 2.25. The second kappa shape index (κ2) is 5.13. The lowest BCUT2D eigenvalue weighted by Gasteiger charge is -2.11. The predicted octanol–water partition coefficient (Wildman–Crippen LogP) is 2.39. The van der Waals surface area contributed by atoms with Crippen LogP contribution in [0.25, 0.3) is 0 Å². The molecule has 0 amide bonds. The zero-order chi connectivity index (χ0) is 10.4. The number of nitrogens with zero attached hydrogens (tertiary/aromatic N) is 1. The third kappa shape index (κ3) is 2.17. The third-order valence-electron chi connectivity index (χ3n) is 1.92. The van der Waals surface area contributed by atoms with Gasteiger partial charge in [-0.05, 0) is 18.6 Å². The first-order chi connectivity index (χ1) is 6.83. The van der Waals surface area contributed by atoms with Gasteiger partial charge in [-0.1, -0.05) is 13.0 Å². The van der Waals surface area contributed by atoms with E-state index in [9.17, 15) is 0 Å². The van der Waals surface area contributed by atoms with Gasteiger partial charge in [0.05, 0.1) is 18.4 Å². The van der Waals surface area contributed by atoms with Crippen molar-refractivity contribution in [3.63, 3.8) is 0 Å². The van der Waals surface area contributed by atoms with Crippen molar-refractivity contribution >= 4 is 5.69 Å². The average molecular weight is 190 g/mol. The van der Waals surface area contributed by atoms with Crippen molar-refractivity contribution in [1.82, 2.24) is 0 Å². The summed E-state index contributed by atoms with van der Waals surface area (Å²) in [6, 6.07) is 7.58. The Labute approximate surface area is 84.3 Å². The van der Waals surface area contributed by atoms with Crippen LogP contribution in [-0.4, -0.2) is 13.7 Å². The molecular weight excluding hydrogens is 176 g/mol. The molecule has 0 spiro atoms. The normalized spacial score (nSPS) is 9.21. The Bertz CT molecular complexity index is 342. The molecule has 0 radical (unpaired) electrons. The van der Waals surface area contributed by atoms with Crippen molar-refractivity contribution in [3.8, 4) is 11.8 Å². The van der Waals surface area contributed by atoms with Gasteiger partial charge in [-0.2, -0.15) is 5.26 Å². The number of para-hydroxylation sites is 1. The Balaban J connectivity index is 3.01. The summed E-state index contributed by atoms with van der Waals surface area (Å²) in [6.07, 6.45) is 1.02. The Kier molecular flexibility index (Phi) is 3.81. The third-order valence-corrected chi connectivity index (χ3v) is 1.92. The first-order valence-corrected chi connectivity index (χ1v) is 4.64. The van der Waals surface area contributed by atoms with Crippen LogP contribution in [0.15, 0.2) is 18.2 Å². The monoisotopic (exact) mass is 190 g/mol. The summed E-state index contributed by atoms with van der Waals surface area (Å²) in [4.78, 5) is 0. The van der Waals surface area contributed by atoms with Gasteiger partial charge in [-0.15, -0.1) is 0 Å². The lowest BCUT2D eigenvalue weighted by Crippen LogP contribution is -2.03. The van der Waals surface area contributed by atoms with Crippen LogP contribution in [0.5, 0.6) is 5.75 Å². The predicted molar refractivity (Wildman–Crippen MR) is 56.5 cm³/mol. The van der Waals surface area contributed by atoms with Gasteiger partial charge < -0.3 is 10.1 Å². The Hall–Kier alpha value is -1.69. The molecule has 0 saturated carbocycles. The molecule has 1 aromatic carbocycles. The fourth-order valence-corrected chi connectivity index (χ4v) is 1.23. The van der Waals surface area contributed by atoms with Gasteiger partial charge in [-0.3, -0.25) is 0 Å². The highest BCUT2D eigenvalue weighted by Gasteiger charge is 2.06. The van der Waals surface area contributed by atoms with Gasteiger partial charge in [0.15, 0.2) is 0 Å². The molecule has 0 bridgehead atoms. The molecule has 0 unspecified atom stereocenters. The van der Waals surface area contributed by atoms with E-state index >= 15 is 0 Å². The number of hydrogen-bond donors (Lipinski definition) is 1.